The Bertz CT molecular complexity index is 1200. The van der Waals surface area contributed by atoms with E-state index >= 15 is 0 Å². The quantitative estimate of drug-likeness (QED) is 0.0278. The standard InChI is InChI=1S/C63H126NO8P/c1-6-8-10-12-14-16-18-20-22-24-26-28-30-31-32-34-36-38-40-42-44-46-48-50-52-54-56-63(66)72-61(60-71-73(67,68)70-58-57-64(3,4)5)59-69-62(65)55-53-51-49-47-45-43-41-39-37-35-33-29-27-25-23-21-19-17-15-13-11-9-7-2/h61H,6-60H2,1-5H3/p+1. The lowest BCUT2D eigenvalue weighted by molar-refractivity contribution is -0.870. The van der Waals surface area contributed by atoms with Crippen molar-refractivity contribution in [2.24, 2.45) is 0 Å². The molecule has 1 N–H and O–H groups in total. The van der Waals surface area contributed by atoms with Crippen molar-refractivity contribution >= 4 is 19.8 Å². The van der Waals surface area contributed by atoms with E-state index in [1.165, 1.54) is 276 Å². The lowest BCUT2D eigenvalue weighted by atomic mass is 10.0. The van der Waals surface area contributed by atoms with Crippen molar-refractivity contribution in [2.45, 2.75) is 347 Å². The summed E-state index contributed by atoms with van der Waals surface area (Å²) in [4.78, 5) is 35.8. The first kappa shape index (κ1) is 72.0. The molecule has 0 aliphatic heterocycles. The highest BCUT2D eigenvalue weighted by Gasteiger charge is 2.27. The minimum absolute atomic E-state index is 0.0376. The number of likely N-dealkylation sites (N-methyl/N-ethyl adjacent to an activating group) is 1. The first-order valence-corrected chi connectivity index (χ1v) is 33.8. The summed E-state index contributed by atoms with van der Waals surface area (Å²) in [7, 11) is 1.51. The third-order valence-electron chi connectivity index (χ3n) is 14.9. The van der Waals surface area contributed by atoms with Gasteiger partial charge < -0.3 is 18.9 Å². The van der Waals surface area contributed by atoms with Crippen molar-refractivity contribution in [1.29, 1.82) is 0 Å². The van der Waals surface area contributed by atoms with Gasteiger partial charge in [-0.1, -0.05) is 316 Å². The highest BCUT2D eigenvalue weighted by Crippen LogP contribution is 2.43. The zero-order valence-corrected chi connectivity index (χ0v) is 50.6. The number of hydrogen-bond acceptors (Lipinski definition) is 7. The number of hydrogen-bond donors (Lipinski definition) is 1. The first-order valence-electron chi connectivity index (χ1n) is 32.3. The number of carbonyl (C=O) groups excluding carboxylic acids is 2. The molecule has 0 rings (SSSR count). The molecule has 73 heavy (non-hydrogen) atoms. The smallest absolute Gasteiger partial charge is 0.462 e. The second-order valence-electron chi connectivity index (χ2n) is 23.5. The molecular weight excluding hydrogens is 930 g/mol. The number of quaternary nitrogens is 1. The highest BCUT2D eigenvalue weighted by molar-refractivity contribution is 7.47. The molecule has 436 valence electrons. The Morgan fingerprint density at radius 2 is 0.616 bits per heavy atom. The van der Waals surface area contributed by atoms with E-state index < -0.39 is 26.5 Å². The summed E-state index contributed by atoms with van der Waals surface area (Å²) in [6.45, 7) is 4.52. The molecule has 10 heteroatoms. The van der Waals surface area contributed by atoms with Gasteiger partial charge in [-0.2, -0.15) is 0 Å². The van der Waals surface area contributed by atoms with Gasteiger partial charge in [-0.3, -0.25) is 18.6 Å². The van der Waals surface area contributed by atoms with Crippen LogP contribution in [0.1, 0.15) is 341 Å². The summed E-state index contributed by atoms with van der Waals surface area (Å²) < 4.78 is 34.7. The van der Waals surface area contributed by atoms with Gasteiger partial charge in [0.25, 0.3) is 0 Å². The van der Waals surface area contributed by atoms with E-state index in [9.17, 15) is 19.0 Å². The fourth-order valence-electron chi connectivity index (χ4n) is 9.90. The van der Waals surface area contributed by atoms with Crippen LogP contribution in [-0.4, -0.2) is 74.9 Å². The maximum Gasteiger partial charge on any atom is 0.472 e. The Morgan fingerprint density at radius 1 is 0.370 bits per heavy atom. The molecular formula is C63H127NO8P+. The lowest BCUT2D eigenvalue weighted by Crippen LogP contribution is -2.37. The number of nitrogens with zero attached hydrogens (tertiary/aromatic N) is 1. The van der Waals surface area contributed by atoms with Crippen LogP contribution >= 0.6 is 7.82 Å². The first-order chi connectivity index (χ1) is 35.5. The number of carbonyl (C=O) groups is 2. The summed E-state index contributed by atoms with van der Waals surface area (Å²) in [5, 5.41) is 0. The summed E-state index contributed by atoms with van der Waals surface area (Å²) in [5.41, 5.74) is 0. The summed E-state index contributed by atoms with van der Waals surface area (Å²) in [6.07, 6.45) is 64.8. The van der Waals surface area contributed by atoms with E-state index in [4.69, 9.17) is 18.5 Å². The van der Waals surface area contributed by atoms with Gasteiger partial charge in [-0.05, 0) is 12.8 Å². The maximum atomic E-state index is 12.8. The molecule has 0 aromatic heterocycles. The number of ether oxygens (including phenoxy) is 2. The van der Waals surface area contributed by atoms with E-state index in [-0.39, 0.29) is 25.6 Å². The Morgan fingerprint density at radius 3 is 0.877 bits per heavy atom. The molecule has 0 aliphatic rings. The fraction of sp³-hybridized carbons (Fsp3) is 0.968. The molecule has 2 unspecified atom stereocenters. The lowest BCUT2D eigenvalue weighted by Gasteiger charge is -2.24. The molecule has 0 saturated carbocycles. The number of phosphoric acid groups is 1. The van der Waals surface area contributed by atoms with E-state index in [1.54, 1.807) is 0 Å². The molecule has 0 fully saturated rings. The van der Waals surface area contributed by atoms with Gasteiger partial charge in [0.15, 0.2) is 6.10 Å². The Hall–Kier alpha value is -0.990. The predicted molar refractivity (Wildman–Crippen MR) is 312 cm³/mol. The van der Waals surface area contributed by atoms with Gasteiger partial charge in [-0.15, -0.1) is 0 Å². The summed E-state index contributed by atoms with van der Waals surface area (Å²) >= 11 is 0. The van der Waals surface area contributed by atoms with Crippen molar-refractivity contribution in [3.63, 3.8) is 0 Å². The molecule has 0 aliphatic carbocycles. The van der Waals surface area contributed by atoms with E-state index in [1.807, 2.05) is 21.1 Å². The Balaban J connectivity index is 4.03. The average molecular weight is 1060 g/mol. The molecule has 0 heterocycles. The molecule has 0 bridgehead atoms. The van der Waals surface area contributed by atoms with Crippen molar-refractivity contribution in [2.75, 3.05) is 47.5 Å². The third kappa shape index (κ3) is 60.1. The third-order valence-corrected chi connectivity index (χ3v) is 15.9. The van der Waals surface area contributed by atoms with Gasteiger partial charge in [0.05, 0.1) is 27.7 Å². The number of esters is 2. The average Bonchev–Trinajstić information content (AvgIpc) is 3.35. The summed E-state index contributed by atoms with van der Waals surface area (Å²) in [6, 6.07) is 0. The minimum Gasteiger partial charge on any atom is -0.462 e. The molecule has 9 nitrogen and oxygen atoms in total. The molecule has 0 amide bonds. The van der Waals surface area contributed by atoms with Gasteiger partial charge in [-0.25, -0.2) is 4.57 Å². The predicted octanol–water partition coefficient (Wildman–Crippen LogP) is 20.2. The molecule has 0 aromatic rings. The summed E-state index contributed by atoms with van der Waals surface area (Å²) in [5.74, 6) is -0.770. The number of phosphoric ester groups is 1. The molecule has 0 aromatic carbocycles. The van der Waals surface area contributed by atoms with Crippen molar-refractivity contribution < 1.29 is 42.1 Å². The van der Waals surface area contributed by atoms with Gasteiger partial charge in [0, 0.05) is 12.8 Å². The molecule has 0 saturated heterocycles. The minimum atomic E-state index is -4.38. The second-order valence-corrected chi connectivity index (χ2v) is 25.0. The topological polar surface area (TPSA) is 108 Å². The van der Waals surface area contributed by atoms with Crippen LogP contribution in [0.2, 0.25) is 0 Å². The van der Waals surface area contributed by atoms with Crippen LogP contribution in [0.5, 0.6) is 0 Å². The maximum absolute atomic E-state index is 12.8. The number of rotatable bonds is 61. The largest absolute Gasteiger partial charge is 0.472 e. The van der Waals surface area contributed by atoms with E-state index in [2.05, 4.69) is 13.8 Å². The highest BCUT2D eigenvalue weighted by atomic mass is 31.2. The van der Waals surface area contributed by atoms with Crippen molar-refractivity contribution in [3.05, 3.63) is 0 Å². The monoisotopic (exact) mass is 1060 g/mol. The van der Waals surface area contributed by atoms with Crippen molar-refractivity contribution in [1.82, 2.24) is 0 Å². The Labute approximate surface area is 454 Å². The number of unbranched alkanes of at least 4 members (excludes halogenated alkanes) is 47. The molecule has 2 atom stereocenters. The van der Waals surface area contributed by atoms with Crippen LogP contribution in [-0.2, 0) is 32.7 Å². The zero-order valence-electron chi connectivity index (χ0n) is 49.7. The van der Waals surface area contributed by atoms with Gasteiger partial charge in [0.2, 0.25) is 0 Å². The zero-order chi connectivity index (χ0) is 53.5. The Kier molecular flexibility index (Phi) is 55.0. The normalized spacial score (nSPS) is 13.1. The van der Waals surface area contributed by atoms with Crippen LogP contribution < -0.4 is 0 Å². The second kappa shape index (κ2) is 55.8. The van der Waals surface area contributed by atoms with E-state index in [0.29, 0.717) is 17.4 Å². The van der Waals surface area contributed by atoms with Crippen LogP contribution in [0.3, 0.4) is 0 Å². The SMILES string of the molecule is CCCCCCCCCCCCCCCCCCCCCCCCCCCCC(=O)OC(COC(=O)CCCCCCCCCCCCCCCCCCCCCCCCC)COP(=O)(O)OCC[N+](C)(C)C. The van der Waals surface area contributed by atoms with Crippen molar-refractivity contribution in [3.8, 4) is 0 Å². The molecule has 0 spiro atoms. The van der Waals surface area contributed by atoms with Crippen LogP contribution in [0.15, 0.2) is 0 Å². The van der Waals surface area contributed by atoms with Gasteiger partial charge in [0.1, 0.15) is 19.8 Å². The van der Waals surface area contributed by atoms with Crippen LogP contribution in [0.4, 0.5) is 0 Å². The van der Waals surface area contributed by atoms with Crippen LogP contribution in [0.25, 0.3) is 0 Å². The van der Waals surface area contributed by atoms with Gasteiger partial charge >= 0.3 is 19.8 Å². The van der Waals surface area contributed by atoms with E-state index in [0.717, 1.165) is 38.5 Å². The fourth-order valence-corrected chi connectivity index (χ4v) is 10.6. The molecule has 0 radical (unpaired) electrons. The van der Waals surface area contributed by atoms with Crippen LogP contribution in [0, 0.1) is 0 Å².